The molecule has 1 saturated heterocycles. The molecule has 4 rings (SSSR count). The van der Waals surface area contributed by atoms with Crippen molar-refractivity contribution < 1.29 is 19.0 Å². The monoisotopic (exact) mass is 468 g/mol. The maximum Gasteiger partial charge on any atom is 0.259 e. The number of methoxy groups -OCH3 is 2. The molecular formula is C24H28N4O4S. The van der Waals surface area contributed by atoms with E-state index in [1.807, 2.05) is 18.2 Å². The third kappa shape index (κ3) is 5.66. The molecule has 0 unspecified atom stereocenters. The molecule has 1 fully saturated rings. The Bertz CT molecular complexity index is 1050. The van der Waals surface area contributed by atoms with Crippen molar-refractivity contribution >= 4 is 17.7 Å². The number of rotatable bonds is 10. The summed E-state index contributed by atoms with van der Waals surface area (Å²) in [6, 6.07) is 15.4. The Labute approximate surface area is 197 Å². The van der Waals surface area contributed by atoms with Crippen molar-refractivity contribution in [2.75, 3.05) is 26.6 Å². The number of nitrogens with zero attached hydrogens (tertiary/aromatic N) is 3. The van der Waals surface area contributed by atoms with Crippen molar-refractivity contribution in [1.29, 1.82) is 0 Å². The van der Waals surface area contributed by atoms with Gasteiger partial charge in [0.2, 0.25) is 0 Å². The second-order valence-corrected chi connectivity index (χ2v) is 8.62. The summed E-state index contributed by atoms with van der Waals surface area (Å²) >= 11 is 1.64. The number of amides is 1. The minimum absolute atomic E-state index is 0.223. The van der Waals surface area contributed by atoms with Gasteiger partial charge in [0.05, 0.1) is 33.4 Å². The zero-order valence-electron chi connectivity index (χ0n) is 18.8. The molecule has 1 aliphatic rings. The third-order valence-electron chi connectivity index (χ3n) is 5.46. The fraction of sp³-hybridized carbons (Fsp3) is 0.375. The summed E-state index contributed by atoms with van der Waals surface area (Å²) in [6.07, 6.45) is 2.42. The molecule has 1 aromatic heterocycles. The molecule has 1 N–H and O–H groups in total. The van der Waals surface area contributed by atoms with E-state index in [1.165, 1.54) is 14.2 Å². The smallest absolute Gasteiger partial charge is 0.259 e. The highest BCUT2D eigenvalue weighted by molar-refractivity contribution is 7.99. The Morgan fingerprint density at radius 1 is 1.12 bits per heavy atom. The minimum Gasteiger partial charge on any atom is -0.496 e. The number of hydrogen-bond donors (Lipinski definition) is 1. The maximum absolute atomic E-state index is 13.0. The van der Waals surface area contributed by atoms with Gasteiger partial charge in [0, 0.05) is 12.4 Å². The Hall–Kier alpha value is -3.04. The van der Waals surface area contributed by atoms with Crippen LogP contribution in [0.2, 0.25) is 0 Å². The Kier molecular flexibility index (Phi) is 7.85. The van der Waals surface area contributed by atoms with E-state index in [2.05, 4.69) is 32.2 Å². The van der Waals surface area contributed by atoms with E-state index < -0.39 is 0 Å². The highest BCUT2D eigenvalue weighted by atomic mass is 32.2. The van der Waals surface area contributed by atoms with Crippen LogP contribution >= 0.6 is 11.8 Å². The van der Waals surface area contributed by atoms with Crippen molar-refractivity contribution in [3.63, 3.8) is 0 Å². The molecule has 0 aliphatic carbocycles. The lowest BCUT2D eigenvalue weighted by Gasteiger charge is -2.14. The van der Waals surface area contributed by atoms with Gasteiger partial charge >= 0.3 is 0 Å². The molecule has 9 heteroatoms. The Balaban J connectivity index is 1.52. The second kappa shape index (κ2) is 11.2. The third-order valence-corrected chi connectivity index (χ3v) is 6.56. The van der Waals surface area contributed by atoms with Crippen molar-refractivity contribution in [2.24, 2.45) is 0 Å². The van der Waals surface area contributed by atoms with Crippen LogP contribution in [0.1, 0.15) is 34.6 Å². The standard InChI is InChI=1S/C24H28N4O4S/c1-30-19-11-6-12-20(31-2)22(19)23(29)25-14-21-26-27-24(33-16-18-10-7-13-32-18)28(21)15-17-8-4-3-5-9-17/h3-6,8-9,11-12,18H,7,10,13-16H2,1-2H3,(H,25,29)/t18-/m1/s1. The van der Waals surface area contributed by atoms with Crippen molar-refractivity contribution in [3.05, 3.63) is 65.5 Å². The maximum atomic E-state index is 13.0. The first-order chi connectivity index (χ1) is 16.2. The van der Waals surface area contributed by atoms with E-state index in [1.54, 1.807) is 30.0 Å². The summed E-state index contributed by atoms with van der Waals surface area (Å²) < 4.78 is 18.5. The molecule has 8 nitrogen and oxygen atoms in total. The van der Waals surface area contributed by atoms with Gasteiger partial charge in [-0.2, -0.15) is 0 Å². The van der Waals surface area contributed by atoms with Crippen LogP contribution in [-0.2, 0) is 17.8 Å². The predicted molar refractivity (Wildman–Crippen MR) is 126 cm³/mol. The van der Waals surface area contributed by atoms with Gasteiger partial charge in [-0.05, 0) is 30.5 Å². The summed E-state index contributed by atoms with van der Waals surface area (Å²) in [4.78, 5) is 13.0. The molecule has 0 saturated carbocycles. The second-order valence-electron chi connectivity index (χ2n) is 7.64. The predicted octanol–water partition coefficient (Wildman–Crippen LogP) is 3.54. The number of thioether (sulfide) groups is 1. The number of carbonyl (C=O) groups is 1. The van der Waals surface area contributed by atoms with Gasteiger partial charge in [-0.25, -0.2) is 0 Å². The van der Waals surface area contributed by atoms with Crippen LogP contribution in [0.15, 0.2) is 53.7 Å². The topological polar surface area (TPSA) is 87.5 Å². The molecule has 0 bridgehead atoms. The normalized spacial score (nSPS) is 15.4. The summed E-state index contributed by atoms with van der Waals surface area (Å²) in [7, 11) is 3.05. The van der Waals surface area contributed by atoms with E-state index in [0.717, 1.165) is 35.9 Å². The van der Waals surface area contributed by atoms with Crippen LogP contribution in [0.3, 0.4) is 0 Å². The molecule has 2 aromatic carbocycles. The number of hydrogen-bond acceptors (Lipinski definition) is 7. The largest absolute Gasteiger partial charge is 0.496 e. The molecule has 1 atom stereocenters. The number of ether oxygens (including phenoxy) is 3. The quantitative estimate of drug-likeness (QED) is 0.455. The SMILES string of the molecule is COc1cccc(OC)c1C(=O)NCc1nnc(SC[C@H]2CCCO2)n1Cc1ccccc1. The molecule has 174 valence electrons. The lowest BCUT2D eigenvalue weighted by Crippen LogP contribution is -2.26. The van der Waals surface area contributed by atoms with Gasteiger partial charge in [0.1, 0.15) is 17.1 Å². The first kappa shape index (κ1) is 23.1. The summed E-state index contributed by atoms with van der Waals surface area (Å²) in [6.45, 7) is 1.66. The van der Waals surface area contributed by atoms with Gasteiger partial charge in [0.15, 0.2) is 11.0 Å². The van der Waals surface area contributed by atoms with Gasteiger partial charge in [0.25, 0.3) is 5.91 Å². The molecule has 3 aromatic rings. The minimum atomic E-state index is -0.299. The number of benzene rings is 2. The van der Waals surface area contributed by atoms with Crippen LogP contribution < -0.4 is 14.8 Å². The van der Waals surface area contributed by atoms with Crippen LogP contribution in [0.4, 0.5) is 0 Å². The first-order valence-electron chi connectivity index (χ1n) is 10.9. The zero-order valence-corrected chi connectivity index (χ0v) is 19.6. The van der Waals surface area contributed by atoms with Crippen molar-refractivity contribution in [3.8, 4) is 11.5 Å². The van der Waals surface area contributed by atoms with Crippen molar-refractivity contribution in [1.82, 2.24) is 20.1 Å². The van der Waals surface area contributed by atoms with Gasteiger partial charge in [-0.15, -0.1) is 10.2 Å². The van der Waals surface area contributed by atoms with Gasteiger partial charge in [-0.3, -0.25) is 4.79 Å². The molecule has 1 aliphatic heterocycles. The van der Waals surface area contributed by atoms with Gasteiger partial charge in [-0.1, -0.05) is 48.2 Å². The number of nitrogens with one attached hydrogen (secondary N) is 1. The first-order valence-corrected chi connectivity index (χ1v) is 11.9. The van der Waals surface area contributed by atoms with E-state index in [9.17, 15) is 4.79 Å². The summed E-state index contributed by atoms with van der Waals surface area (Å²) in [5, 5.41) is 12.6. The Morgan fingerprint density at radius 3 is 2.55 bits per heavy atom. The Morgan fingerprint density at radius 2 is 1.88 bits per heavy atom. The molecule has 2 heterocycles. The molecule has 0 spiro atoms. The fourth-order valence-corrected chi connectivity index (χ4v) is 4.77. The van der Waals surface area contributed by atoms with Gasteiger partial charge < -0.3 is 24.1 Å². The van der Waals surface area contributed by atoms with Crippen molar-refractivity contribution in [2.45, 2.75) is 37.2 Å². The van der Waals surface area contributed by atoms with E-state index in [4.69, 9.17) is 14.2 Å². The summed E-state index contributed by atoms with van der Waals surface area (Å²) in [5.41, 5.74) is 1.49. The van der Waals surface area contributed by atoms with E-state index in [0.29, 0.717) is 29.4 Å². The average molecular weight is 469 g/mol. The highest BCUT2D eigenvalue weighted by Crippen LogP contribution is 2.28. The average Bonchev–Trinajstić information content (AvgIpc) is 3.51. The van der Waals surface area contributed by atoms with Crippen LogP contribution in [0.5, 0.6) is 11.5 Å². The fourth-order valence-electron chi connectivity index (χ4n) is 3.75. The van der Waals surface area contributed by atoms with Crippen LogP contribution in [-0.4, -0.2) is 53.4 Å². The van der Waals surface area contributed by atoms with Crippen LogP contribution in [0, 0.1) is 0 Å². The molecule has 0 radical (unpaired) electrons. The number of aromatic nitrogens is 3. The molecule has 33 heavy (non-hydrogen) atoms. The highest BCUT2D eigenvalue weighted by Gasteiger charge is 2.21. The van der Waals surface area contributed by atoms with E-state index in [-0.39, 0.29) is 18.6 Å². The molecular weight excluding hydrogens is 440 g/mol. The summed E-state index contributed by atoms with van der Waals surface area (Å²) in [5.74, 6) is 2.11. The number of carbonyl (C=O) groups excluding carboxylic acids is 1. The lowest BCUT2D eigenvalue weighted by molar-refractivity contribution is 0.0943. The lowest BCUT2D eigenvalue weighted by atomic mass is 10.1. The van der Waals surface area contributed by atoms with E-state index >= 15 is 0 Å². The van der Waals surface area contributed by atoms with Crippen LogP contribution in [0.25, 0.3) is 0 Å². The zero-order chi connectivity index (χ0) is 23.0. The molecule has 1 amide bonds.